The first-order valence-corrected chi connectivity index (χ1v) is 6.93. The van der Waals surface area contributed by atoms with Gasteiger partial charge in [0.15, 0.2) is 5.22 Å². The van der Waals surface area contributed by atoms with Crippen LogP contribution in [0.5, 0.6) is 0 Å². The molecule has 86 valence electrons. The third kappa shape index (κ3) is 4.68. The predicted molar refractivity (Wildman–Crippen MR) is 57.6 cm³/mol. The van der Waals surface area contributed by atoms with Gasteiger partial charge in [0.2, 0.25) is 0 Å². The Bertz CT molecular complexity index is 410. The fraction of sp³-hybridized carbons (Fsp3) is 0.556. The highest BCUT2D eigenvalue weighted by Crippen LogP contribution is 2.23. The number of aliphatic hydroxyl groups is 1. The van der Waals surface area contributed by atoms with Gasteiger partial charge in [-0.15, -0.1) is 0 Å². The lowest BCUT2D eigenvalue weighted by Crippen LogP contribution is -2.05. The Morgan fingerprint density at radius 1 is 1.53 bits per heavy atom. The number of halogens is 1. The minimum Gasteiger partial charge on any atom is -0.447 e. The zero-order chi connectivity index (χ0) is 11.5. The summed E-state index contributed by atoms with van der Waals surface area (Å²) in [6.45, 7) is 0. The molecule has 1 atom stereocenters. The van der Waals surface area contributed by atoms with Gasteiger partial charge < -0.3 is 9.52 Å². The molecule has 0 radical (unpaired) electrons. The largest absolute Gasteiger partial charge is 0.447 e. The van der Waals surface area contributed by atoms with E-state index in [4.69, 9.17) is 16.0 Å². The first-order valence-electron chi connectivity index (χ1n) is 4.49. The smallest absolute Gasteiger partial charge is 0.193 e. The van der Waals surface area contributed by atoms with Crippen LogP contribution < -0.4 is 0 Å². The van der Waals surface area contributed by atoms with Crippen molar-refractivity contribution < 1.29 is 17.9 Å². The Kier molecular flexibility index (Phi) is 4.19. The van der Waals surface area contributed by atoms with Crippen molar-refractivity contribution in [1.82, 2.24) is 0 Å². The minimum atomic E-state index is -2.96. The van der Waals surface area contributed by atoms with Crippen molar-refractivity contribution >= 4 is 21.4 Å². The first-order chi connectivity index (χ1) is 6.88. The second-order valence-electron chi connectivity index (χ2n) is 3.43. The number of hydrogen-bond donors (Lipinski definition) is 1. The monoisotopic (exact) mass is 252 g/mol. The summed E-state index contributed by atoms with van der Waals surface area (Å²) >= 11 is 5.54. The standard InChI is InChI=1S/C9H13ClO4S/c1-15(12,13)6-2-3-7(11)8-4-5-9(10)14-8/h4-5,7,11H,2-3,6H2,1H3. The zero-order valence-corrected chi connectivity index (χ0v) is 9.88. The molecule has 1 aromatic rings. The molecule has 0 aliphatic rings. The molecule has 0 bridgehead atoms. The van der Waals surface area contributed by atoms with E-state index >= 15 is 0 Å². The Hall–Kier alpha value is -0.520. The summed E-state index contributed by atoms with van der Waals surface area (Å²) in [4.78, 5) is 0. The van der Waals surface area contributed by atoms with Crippen LogP contribution in [0, 0.1) is 0 Å². The summed E-state index contributed by atoms with van der Waals surface area (Å²) in [7, 11) is -2.96. The molecule has 0 aromatic carbocycles. The number of sulfone groups is 1. The molecule has 0 fully saturated rings. The second kappa shape index (κ2) is 5.01. The van der Waals surface area contributed by atoms with Gasteiger partial charge in [-0.2, -0.15) is 0 Å². The van der Waals surface area contributed by atoms with Gasteiger partial charge in [0.1, 0.15) is 21.7 Å². The minimum absolute atomic E-state index is 0.0680. The van der Waals surface area contributed by atoms with E-state index in [1.54, 1.807) is 6.07 Å². The third-order valence-electron chi connectivity index (χ3n) is 1.92. The van der Waals surface area contributed by atoms with E-state index in [0.29, 0.717) is 18.6 Å². The third-order valence-corrected chi connectivity index (χ3v) is 3.15. The van der Waals surface area contributed by atoms with E-state index < -0.39 is 15.9 Å². The van der Waals surface area contributed by atoms with Crippen LogP contribution in [-0.4, -0.2) is 25.5 Å². The molecule has 1 rings (SSSR count). The predicted octanol–water partition coefficient (Wildman–Crippen LogP) is 1.79. The average Bonchev–Trinajstić information content (AvgIpc) is 2.49. The molecule has 0 saturated carbocycles. The molecule has 1 aromatic heterocycles. The molecule has 0 aliphatic heterocycles. The van der Waals surface area contributed by atoms with E-state index in [0.717, 1.165) is 0 Å². The quantitative estimate of drug-likeness (QED) is 0.868. The second-order valence-corrected chi connectivity index (χ2v) is 6.06. The van der Waals surface area contributed by atoms with Crippen LogP contribution in [0.4, 0.5) is 0 Å². The van der Waals surface area contributed by atoms with E-state index in [1.165, 1.54) is 12.3 Å². The summed E-state index contributed by atoms with van der Waals surface area (Å²) in [5.74, 6) is 0.437. The van der Waals surface area contributed by atoms with Crippen LogP contribution in [0.25, 0.3) is 0 Å². The molecule has 0 aliphatic carbocycles. The number of rotatable bonds is 5. The van der Waals surface area contributed by atoms with Crippen molar-refractivity contribution in [3.8, 4) is 0 Å². The summed E-state index contributed by atoms with van der Waals surface area (Å²) in [5, 5.41) is 9.80. The van der Waals surface area contributed by atoms with Crippen molar-refractivity contribution in [2.75, 3.05) is 12.0 Å². The average molecular weight is 253 g/mol. The molecule has 15 heavy (non-hydrogen) atoms. The highest BCUT2D eigenvalue weighted by atomic mass is 35.5. The van der Waals surface area contributed by atoms with Crippen molar-refractivity contribution in [2.24, 2.45) is 0 Å². The molecule has 0 saturated heterocycles. The van der Waals surface area contributed by atoms with Crippen molar-refractivity contribution in [3.63, 3.8) is 0 Å². The molecule has 4 nitrogen and oxygen atoms in total. The molecule has 0 amide bonds. The molecule has 1 heterocycles. The van der Waals surface area contributed by atoms with Crippen molar-refractivity contribution in [2.45, 2.75) is 18.9 Å². The highest BCUT2D eigenvalue weighted by molar-refractivity contribution is 7.90. The van der Waals surface area contributed by atoms with Gasteiger partial charge in [0.05, 0.1) is 0 Å². The Labute approximate surface area is 93.8 Å². The van der Waals surface area contributed by atoms with Gasteiger partial charge in [-0.3, -0.25) is 0 Å². The van der Waals surface area contributed by atoms with Crippen molar-refractivity contribution in [3.05, 3.63) is 23.1 Å². The normalized spacial score (nSPS) is 14.1. The Morgan fingerprint density at radius 2 is 2.20 bits per heavy atom. The fourth-order valence-corrected chi connectivity index (χ4v) is 2.03. The van der Waals surface area contributed by atoms with Crippen LogP contribution in [0.1, 0.15) is 24.7 Å². The number of furan rings is 1. The van der Waals surface area contributed by atoms with Crippen LogP contribution in [0.15, 0.2) is 16.5 Å². The summed E-state index contributed by atoms with van der Waals surface area (Å²) < 4.78 is 26.6. The summed E-state index contributed by atoms with van der Waals surface area (Å²) in [6, 6.07) is 3.12. The molecular weight excluding hydrogens is 240 g/mol. The van der Waals surface area contributed by atoms with Crippen LogP contribution in [0.2, 0.25) is 5.22 Å². The maximum absolute atomic E-state index is 10.8. The van der Waals surface area contributed by atoms with Crippen LogP contribution >= 0.6 is 11.6 Å². The topological polar surface area (TPSA) is 67.5 Å². The molecular formula is C9H13ClO4S. The lowest BCUT2D eigenvalue weighted by Gasteiger charge is -2.06. The molecule has 1 unspecified atom stereocenters. The lowest BCUT2D eigenvalue weighted by molar-refractivity contribution is 0.140. The van der Waals surface area contributed by atoms with Crippen LogP contribution in [0.3, 0.4) is 0 Å². The summed E-state index contributed by atoms with van der Waals surface area (Å²) in [5.41, 5.74) is 0. The van der Waals surface area contributed by atoms with E-state index in [2.05, 4.69) is 0 Å². The first kappa shape index (κ1) is 12.5. The molecule has 1 N–H and O–H groups in total. The maximum atomic E-state index is 10.8. The van der Waals surface area contributed by atoms with Crippen LogP contribution in [-0.2, 0) is 9.84 Å². The summed E-state index contributed by atoms with van der Waals surface area (Å²) in [6.07, 6.45) is 1.12. The molecule has 6 heteroatoms. The van der Waals surface area contributed by atoms with Gasteiger partial charge in [-0.05, 0) is 36.6 Å². The van der Waals surface area contributed by atoms with Gasteiger partial charge in [0.25, 0.3) is 0 Å². The molecule has 0 spiro atoms. The fourth-order valence-electron chi connectivity index (χ4n) is 1.19. The number of aliphatic hydroxyl groups excluding tert-OH is 1. The van der Waals surface area contributed by atoms with E-state index in [-0.39, 0.29) is 11.0 Å². The van der Waals surface area contributed by atoms with Gasteiger partial charge in [0, 0.05) is 12.0 Å². The lowest BCUT2D eigenvalue weighted by atomic mass is 10.2. The Balaban J connectivity index is 2.40. The SMILES string of the molecule is CS(=O)(=O)CCCC(O)c1ccc(Cl)o1. The van der Waals surface area contributed by atoms with E-state index in [1.807, 2.05) is 0 Å². The highest BCUT2D eigenvalue weighted by Gasteiger charge is 2.12. The van der Waals surface area contributed by atoms with Gasteiger partial charge >= 0.3 is 0 Å². The maximum Gasteiger partial charge on any atom is 0.193 e. The van der Waals surface area contributed by atoms with Gasteiger partial charge in [-0.25, -0.2) is 8.42 Å². The zero-order valence-electron chi connectivity index (χ0n) is 8.31. The Morgan fingerprint density at radius 3 is 2.67 bits per heavy atom. The van der Waals surface area contributed by atoms with Gasteiger partial charge in [-0.1, -0.05) is 0 Å². The van der Waals surface area contributed by atoms with E-state index in [9.17, 15) is 13.5 Å². The van der Waals surface area contributed by atoms with Crippen molar-refractivity contribution in [1.29, 1.82) is 0 Å². The number of hydrogen-bond acceptors (Lipinski definition) is 4.